The number of hydrogen-bond donors (Lipinski definition) is 3. The smallest absolute Gasteiger partial charge is 0.462 e. The van der Waals surface area contributed by atoms with Crippen LogP contribution < -0.4 is 0 Å². The monoisotopic (exact) mass is 1470 g/mol. The Bertz CT molecular complexity index is 1960. The minimum atomic E-state index is -4.96. The Kier molecular flexibility index (Phi) is 68.7. The van der Waals surface area contributed by atoms with Gasteiger partial charge in [0.25, 0.3) is 0 Å². The topological polar surface area (TPSA) is 237 Å². The molecule has 0 aliphatic rings. The molecule has 0 aliphatic heterocycles. The van der Waals surface area contributed by atoms with Crippen LogP contribution in [0.15, 0.2) is 0 Å². The summed E-state index contributed by atoms with van der Waals surface area (Å²) in [6, 6.07) is 0. The predicted molar refractivity (Wildman–Crippen MR) is 409 cm³/mol. The molecule has 3 N–H and O–H groups in total. The molecule has 0 saturated heterocycles. The van der Waals surface area contributed by atoms with E-state index >= 15 is 0 Å². The number of carbonyl (C=O) groups excluding carboxylic acids is 4. The average Bonchev–Trinajstić information content (AvgIpc) is 0.926. The molecule has 3 unspecified atom stereocenters. The maximum absolute atomic E-state index is 13.1. The molecule has 100 heavy (non-hydrogen) atoms. The summed E-state index contributed by atoms with van der Waals surface area (Å²) < 4.78 is 68.7. The summed E-state index contributed by atoms with van der Waals surface area (Å²) in [6.07, 6.45) is 56.9. The fourth-order valence-electron chi connectivity index (χ4n) is 12.4. The van der Waals surface area contributed by atoms with Crippen molar-refractivity contribution >= 4 is 39.5 Å². The van der Waals surface area contributed by atoms with E-state index < -0.39 is 97.5 Å². The number of phosphoric acid groups is 2. The number of phosphoric ester groups is 2. The molecule has 0 rings (SSSR count). The molecule has 19 heteroatoms. The second-order valence-corrected chi connectivity index (χ2v) is 33.7. The molecular formula is C81H158O17P2. The van der Waals surface area contributed by atoms with Gasteiger partial charge in [-0.3, -0.25) is 37.3 Å². The Morgan fingerprint density at radius 3 is 0.710 bits per heavy atom. The van der Waals surface area contributed by atoms with Crippen molar-refractivity contribution in [2.75, 3.05) is 39.6 Å². The number of hydrogen-bond acceptors (Lipinski definition) is 15. The minimum absolute atomic E-state index is 0.106. The van der Waals surface area contributed by atoms with E-state index in [4.69, 9.17) is 37.0 Å². The number of esters is 4. The highest BCUT2D eigenvalue weighted by atomic mass is 31.2. The van der Waals surface area contributed by atoms with Crippen molar-refractivity contribution in [3.05, 3.63) is 0 Å². The fraction of sp³-hybridized carbons (Fsp3) is 0.951. The van der Waals surface area contributed by atoms with Gasteiger partial charge < -0.3 is 33.8 Å². The molecule has 0 aromatic rings. The van der Waals surface area contributed by atoms with Crippen molar-refractivity contribution in [2.45, 2.75) is 433 Å². The van der Waals surface area contributed by atoms with Crippen molar-refractivity contribution in [1.29, 1.82) is 0 Å². The van der Waals surface area contributed by atoms with Gasteiger partial charge >= 0.3 is 39.5 Å². The first-order valence-corrected chi connectivity index (χ1v) is 44.7. The Labute approximate surface area is 613 Å². The van der Waals surface area contributed by atoms with Crippen LogP contribution in [0, 0.1) is 23.7 Å². The van der Waals surface area contributed by atoms with E-state index in [-0.39, 0.29) is 25.7 Å². The summed E-state index contributed by atoms with van der Waals surface area (Å²) in [5, 5.41) is 10.6. The van der Waals surface area contributed by atoms with Crippen LogP contribution in [0.2, 0.25) is 0 Å². The van der Waals surface area contributed by atoms with Crippen molar-refractivity contribution in [3.8, 4) is 0 Å². The number of rotatable bonds is 78. The van der Waals surface area contributed by atoms with Crippen LogP contribution in [0.1, 0.15) is 415 Å². The Morgan fingerprint density at radius 2 is 0.480 bits per heavy atom. The first-order chi connectivity index (χ1) is 48.1. The van der Waals surface area contributed by atoms with Gasteiger partial charge in [0, 0.05) is 25.7 Å². The molecule has 0 heterocycles. The molecule has 594 valence electrons. The van der Waals surface area contributed by atoms with Crippen LogP contribution in [0.25, 0.3) is 0 Å². The lowest BCUT2D eigenvalue weighted by Crippen LogP contribution is -2.30. The van der Waals surface area contributed by atoms with Crippen LogP contribution in [-0.2, 0) is 65.4 Å². The number of aliphatic hydroxyl groups is 1. The lowest BCUT2D eigenvalue weighted by atomic mass is 10.00. The van der Waals surface area contributed by atoms with Gasteiger partial charge in [-0.2, -0.15) is 0 Å². The number of ether oxygens (including phenoxy) is 4. The van der Waals surface area contributed by atoms with E-state index in [1.54, 1.807) is 0 Å². The molecule has 0 aromatic heterocycles. The van der Waals surface area contributed by atoms with Crippen molar-refractivity contribution in [2.24, 2.45) is 23.7 Å². The van der Waals surface area contributed by atoms with Gasteiger partial charge in [-0.25, -0.2) is 9.13 Å². The third kappa shape index (κ3) is 73.0. The van der Waals surface area contributed by atoms with Crippen LogP contribution in [0.4, 0.5) is 0 Å². The molecule has 0 saturated carbocycles. The summed E-state index contributed by atoms with van der Waals surface area (Å²) in [5.74, 6) is 0.992. The third-order valence-corrected chi connectivity index (χ3v) is 21.1. The second-order valence-electron chi connectivity index (χ2n) is 30.8. The van der Waals surface area contributed by atoms with Crippen molar-refractivity contribution in [1.82, 2.24) is 0 Å². The largest absolute Gasteiger partial charge is 0.472 e. The number of unbranched alkanes of at least 4 members (excludes halogenated alkanes) is 43. The molecular weight excluding hydrogens is 1310 g/mol. The van der Waals surface area contributed by atoms with E-state index in [9.17, 15) is 43.2 Å². The standard InChI is InChI=1S/C81H158O17P2/c1-9-74(8)60-52-44-39-40-46-54-62-79(84)92-68-77(98-81(86)63-55-47-37-31-25-18-14-16-22-28-34-42-50-58-72(4)5)70-96-100(89,90)94-66-75(82)65-93-99(87,88)95-69-76(97-80(85)64-56-48-38-32-26-20-19-23-29-35-43-51-59-73(6)7)67-91-78(83)61-53-45-36-30-24-17-13-11-10-12-15-21-27-33-41-49-57-71(2)3/h71-77,82H,9-70H2,1-8H3,(H,87,88)(H,89,90)/t74?,75-,76-,77-/m1/s1. The van der Waals surface area contributed by atoms with Crippen LogP contribution in [0.5, 0.6) is 0 Å². The molecule has 17 nitrogen and oxygen atoms in total. The van der Waals surface area contributed by atoms with E-state index in [1.165, 1.54) is 212 Å². The van der Waals surface area contributed by atoms with E-state index in [1.807, 2.05) is 0 Å². The van der Waals surface area contributed by atoms with Gasteiger partial charge in [-0.1, -0.05) is 364 Å². The molecule has 0 radical (unpaired) electrons. The molecule has 0 aliphatic carbocycles. The Hall–Kier alpha value is -1.94. The first-order valence-electron chi connectivity index (χ1n) is 41.7. The van der Waals surface area contributed by atoms with Gasteiger partial charge in [0.15, 0.2) is 12.2 Å². The maximum Gasteiger partial charge on any atom is 0.472 e. The van der Waals surface area contributed by atoms with Gasteiger partial charge in [-0.05, 0) is 49.4 Å². The van der Waals surface area contributed by atoms with Crippen LogP contribution >= 0.6 is 15.6 Å². The zero-order valence-corrected chi connectivity index (χ0v) is 67.6. The fourth-order valence-corrected chi connectivity index (χ4v) is 14.0. The number of aliphatic hydroxyl groups excluding tert-OH is 1. The van der Waals surface area contributed by atoms with Gasteiger partial charge in [0.05, 0.1) is 26.4 Å². The van der Waals surface area contributed by atoms with Gasteiger partial charge in [-0.15, -0.1) is 0 Å². The molecule has 0 bridgehead atoms. The Balaban J connectivity index is 5.24. The SMILES string of the molecule is CCC(C)CCCCCCCCC(=O)OC[C@H](COP(=O)(O)OC[C@H](O)COP(=O)(O)OC[C@@H](COC(=O)CCCCCCCCCCCCCCCCCCC(C)C)OC(=O)CCCCCCCCCCCCCCC(C)C)OC(=O)CCCCCCCCCCCCCCCC(C)C. The van der Waals surface area contributed by atoms with Gasteiger partial charge in [0.1, 0.15) is 19.3 Å². The van der Waals surface area contributed by atoms with Crippen LogP contribution in [-0.4, -0.2) is 96.7 Å². The summed E-state index contributed by atoms with van der Waals surface area (Å²) in [4.78, 5) is 73.0. The lowest BCUT2D eigenvalue weighted by Gasteiger charge is -2.21. The normalized spacial score (nSPS) is 14.3. The molecule has 0 fully saturated rings. The summed E-state index contributed by atoms with van der Waals surface area (Å²) in [6.45, 7) is 14.3. The first kappa shape index (κ1) is 98.1. The second kappa shape index (κ2) is 70.1. The average molecular weight is 1470 g/mol. The lowest BCUT2D eigenvalue weighted by molar-refractivity contribution is -0.161. The maximum atomic E-state index is 13.1. The highest BCUT2D eigenvalue weighted by Gasteiger charge is 2.30. The minimum Gasteiger partial charge on any atom is -0.462 e. The summed E-state index contributed by atoms with van der Waals surface area (Å²) in [5.41, 5.74) is 0. The molecule has 0 aromatic carbocycles. The number of carbonyl (C=O) groups is 4. The molecule has 0 amide bonds. The summed E-state index contributed by atoms with van der Waals surface area (Å²) >= 11 is 0. The highest BCUT2D eigenvalue weighted by molar-refractivity contribution is 7.47. The quantitative estimate of drug-likeness (QED) is 0.0222. The van der Waals surface area contributed by atoms with E-state index in [0.717, 1.165) is 120 Å². The third-order valence-electron chi connectivity index (χ3n) is 19.2. The predicted octanol–water partition coefficient (Wildman–Crippen LogP) is 24.0. The van der Waals surface area contributed by atoms with Crippen molar-refractivity contribution < 1.29 is 80.2 Å². The van der Waals surface area contributed by atoms with Crippen LogP contribution in [0.3, 0.4) is 0 Å². The van der Waals surface area contributed by atoms with Gasteiger partial charge in [0.2, 0.25) is 0 Å². The van der Waals surface area contributed by atoms with Crippen molar-refractivity contribution in [3.63, 3.8) is 0 Å². The summed E-state index contributed by atoms with van der Waals surface area (Å²) in [7, 11) is -9.92. The van der Waals surface area contributed by atoms with E-state index in [2.05, 4.69) is 55.4 Å². The zero-order valence-electron chi connectivity index (χ0n) is 65.8. The molecule has 0 spiro atoms. The molecule has 6 atom stereocenters. The Morgan fingerprint density at radius 1 is 0.280 bits per heavy atom. The zero-order chi connectivity index (χ0) is 73.8. The highest BCUT2D eigenvalue weighted by Crippen LogP contribution is 2.45. The van der Waals surface area contributed by atoms with E-state index in [0.29, 0.717) is 25.7 Å².